The summed E-state index contributed by atoms with van der Waals surface area (Å²) in [5, 5.41) is 3.03. The molecule has 1 fully saturated rings. The minimum Gasteiger partial charge on any atom is -0.495 e. The van der Waals surface area contributed by atoms with Crippen LogP contribution in [0.25, 0.3) is 0 Å². The lowest BCUT2D eigenvalue weighted by Crippen LogP contribution is -2.52. The van der Waals surface area contributed by atoms with Crippen molar-refractivity contribution >= 4 is 27.5 Å². The van der Waals surface area contributed by atoms with Crippen LogP contribution in [0.1, 0.15) is 43.7 Å². The zero-order valence-corrected chi connectivity index (χ0v) is 24.4. The predicted octanol–water partition coefficient (Wildman–Crippen LogP) is 4.81. The summed E-state index contributed by atoms with van der Waals surface area (Å²) in [6.07, 6.45) is 3.81. The van der Waals surface area contributed by atoms with Gasteiger partial charge in [0.05, 0.1) is 17.7 Å². The van der Waals surface area contributed by atoms with Crippen molar-refractivity contribution in [2.75, 3.05) is 18.0 Å². The number of nitrogens with one attached hydrogen (secondary N) is 1. The van der Waals surface area contributed by atoms with E-state index in [2.05, 4.69) is 5.32 Å². The Hall–Kier alpha value is -3.92. The number of anilines is 1. The Morgan fingerprint density at radius 3 is 2.32 bits per heavy atom. The molecule has 0 aromatic heterocycles. The van der Waals surface area contributed by atoms with E-state index in [9.17, 15) is 22.4 Å². The molecule has 1 N–H and O–H groups in total. The first-order valence-corrected chi connectivity index (χ1v) is 15.1. The molecule has 0 aliphatic heterocycles. The number of carbonyl (C=O) groups excluding carboxylic acids is 2. The van der Waals surface area contributed by atoms with Gasteiger partial charge in [-0.05, 0) is 74.2 Å². The van der Waals surface area contributed by atoms with Crippen LogP contribution in [-0.2, 0) is 26.2 Å². The number of sulfonamides is 1. The maximum atomic E-state index is 14.1. The molecule has 8 nitrogen and oxygen atoms in total. The highest BCUT2D eigenvalue weighted by Gasteiger charge is 2.34. The van der Waals surface area contributed by atoms with Gasteiger partial charge in [-0.25, -0.2) is 12.8 Å². The van der Waals surface area contributed by atoms with Gasteiger partial charge in [-0.1, -0.05) is 49.2 Å². The summed E-state index contributed by atoms with van der Waals surface area (Å²) >= 11 is 0. The summed E-state index contributed by atoms with van der Waals surface area (Å²) in [4.78, 5) is 28.7. The first kappa shape index (κ1) is 30.0. The minimum absolute atomic E-state index is 0.00784. The highest BCUT2D eigenvalue weighted by molar-refractivity contribution is 7.92. The van der Waals surface area contributed by atoms with Crippen molar-refractivity contribution in [1.29, 1.82) is 0 Å². The molecule has 41 heavy (non-hydrogen) atoms. The van der Waals surface area contributed by atoms with E-state index in [0.29, 0.717) is 5.56 Å². The molecule has 1 aliphatic carbocycles. The van der Waals surface area contributed by atoms with Crippen LogP contribution in [0.3, 0.4) is 0 Å². The average Bonchev–Trinajstić information content (AvgIpc) is 3.48. The number of benzene rings is 3. The molecule has 0 heterocycles. The van der Waals surface area contributed by atoms with Crippen LogP contribution < -0.4 is 14.4 Å². The zero-order valence-electron chi connectivity index (χ0n) is 23.5. The number of hydrogen-bond acceptors (Lipinski definition) is 5. The summed E-state index contributed by atoms with van der Waals surface area (Å²) in [7, 11) is -2.79. The Morgan fingerprint density at radius 2 is 1.68 bits per heavy atom. The van der Waals surface area contributed by atoms with E-state index in [1.54, 1.807) is 55.5 Å². The number of ether oxygens (including phenoxy) is 1. The summed E-state index contributed by atoms with van der Waals surface area (Å²) in [6.45, 7) is 2.84. The lowest BCUT2D eigenvalue weighted by molar-refractivity contribution is -0.139. The summed E-state index contributed by atoms with van der Waals surface area (Å²) in [5.74, 6) is -1.06. The van der Waals surface area contributed by atoms with Gasteiger partial charge in [-0.2, -0.15) is 0 Å². The SMILES string of the molecule is COc1ccc(C)cc1N(CC(=O)N(Cc1ccc(F)cc1)[C@H](C)C(=O)NC1CCCC1)S(=O)(=O)c1ccccc1. The number of amides is 2. The number of nitrogens with zero attached hydrogens (tertiary/aromatic N) is 2. The van der Waals surface area contributed by atoms with Gasteiger partial charge in [-0.15, -0.1) is 0 Å². The van der Waals surface area contributed by atoms with Crippen LogP contribution in [0.15, 0.2) is 77.7 Å². The lowest BCUT2D eigenvalue weighted by Gasteiger charge is -2.33. The molecule has 0 saturated heterocycles. The molecule has 0 radical (unpaired) electrons. The Morgan fingerprint density at radius 1 is 1.02 bits per heavy atom. The summed E-state index contributed by atoms with van der Waals surface area (Å²) in [5.41, 5.74) is 1.58. The topological polar surface area (TPSA) is 96.0 Å². The van der Waals surface area contributed by atoms with Crippen LogP contribution in [0, 0.1) is 12.7 Å². The molecule has 4 rings (SSSR count). The highest BCUT2D eigenvalue weighted by atomic mass is 32.2. The second kappa shape index (κ2) is 13.2. The average molecular weight is 582 g/mol. The van der Waals surface area contributed by atoms with E-state index in [1.165, 1.54) is 36.3 Å². The van der Waals surface area contributed by atoms with E-state index in [4.69, 9.17) is 4.74 Å². The first-order valence-electron chi connectivity index (χ1n) is 13.7. The number of halogens is 1. The highest BCUT2D eigenvalue weighted by Crippen LogP contribution is 2.33. The van der Waals surface area contributed by atoms with Gasteiger partial charge >= 0.3 is 0 Å². The monoisotopic (exact) mass is 581 g/mol. The quantitative estimate of drug-likeness (QED) is 0.351. The lowest BCUT2D eigenvalue weighted by atomic mass is 10.1. The van der Waals surface area contributed by atoms with Crippen molar-refractivity contribution in [2.24, 2.45) is 0 Å². The van der Waals surface area contributed by atoms with Gasteiger partial charge in [0.15, 0.2) is 0 Å². The van der Waals surface area contributed by atoms with Gasteiger partial charge in [-0.3, -0.25) is 13.9 Å². The number of aryl methyl sites for hydroxylation is 1. The standard InChI is InChI=1S/C31H36FN3O5S/c1-22-13-18-29(40-3)28(19-22)35(41(38,39)27-11-5-4-6-12-27)21-30(36)34(20-24-14-16-25(32)17-15-24)23(2)31(37)33-26-9-7-8-10-26/h4-6,11-19,23,26H,7-10,20-21H2,1-3H3,(H,33,37)/t23-/m1/s1. The van der Waals surface area contributed by atoms with Crippen molar-refractivity contribution in [3.63, 3.8) is 0 Å². The second-order valence-electron chi connectivity index (χ2n) is 10.3. The molecule has 3 aromatic rings. The first-order chi connectivity index (χ1) is 19.6. The third-order valence-electron chi connectivity index (χ3n) is 7.35. The zero-order chi connectivity index (χ0) is 29.6. The fourth-order valence-corrected chi connectivity index (χ4v) is 6.43. The smallest absolute Gasteiger partial charge is 0.264 e. The van der Waals surface area contributed by atoms with E-state index in [1.807, 2.05) is 6.92 Å². The van der Waals surface area contributed by atoms with E-state index < -0.39 is 34.3 Å². The molecule has 0 unspecified atom stereocenters. The third kappa shape index (κ3) is 7.24. The molecule has 218 valence electrons. The second-order valence-corrected chi connectivity index (χ2v) is 12.2. The van der Waals surface area contributed by atoms with Gasteiger partial charge in [0.25, 0.3) is 10.0 Å². The van der Waals surface area contributed by atoms with Crippen LogP contribution in [0.4, 0.5) is 10.1 Å². The molecule has 1 aliphatic rings. The van der Waals surface area contributed by atoms with Gasteiger partial charge < -0.3 is 15.0 Å². The van der Waals surface area contributed by atoms with Crippen LogP contribution in [0.5, 0.6) is 5.75 Å². The van der Waals surface area contributed by atoms with Crippen LogP contribution >= 0.6 is 0 Å². The predicted molar refractivity (Wildman–Crippen MR) is 156 cm³/mol. The normalized spacial score (nSPS) is 14.3. The number of carbonyl (C=O) groups is 2. The fraction of sp³-hybridized carbons (Fsp3) is 0.355. The molecule has 0 spiro atoms. The summed E-state index contributed by atoms with van der Waals surface area (Å²) in [6, 6.07) is 17.7. The number of hydrogen-bond donors (Lipinski definition) is 1. The van der Waals surface area contributed by atoms with E-state index >= 15 is 0 Å². The molecular weight excluding hydrogens is 545 g/mol. The largest absolute Gasteiger partial charge is 0.495 e. The third-order valence-corrected chi connectivity index (χ3v) is 9.12. The molecular formula is C31H36FN3O5S. The molecule has 2 amide bonds. The molecule has 3 aromatic carbocycles. The maximum Gasteiger partial charge on any atom is 0.264 e. The van der Waals surface area contributed by atoms with Crippen molar-refractivity contribution in [3.05, 3.63) is 89.7 Å². The number of rotatable bonds is 11. The Labute approximate surface area is 241 Å². The minimum atomic E-state index is -4.22. The Kier molecular flexibility index (Phi) is 9.65. The van der Waals surface area contributed by atoms with Crippen LogP contribution in [0.2, 0.25) is 0 Å². The van der Waals surface area contributed by atoms with Gasteiger partial charge in [0, 0.05) is 12.6 Å². The van der Waals surface area contributed by atoms with Crippen molar-refractivity contribution in [1.82, 2.24) is 10.2 Å². The molecule has 0 bridgehead atoms. The maximum absolute atomic E-state index is 14.1. The Balaban J connectivity index is 1.72. The van der Waals surface area contributed by atoms with Crippen molar-refractivity contribution in [3.8, 4) is 5.75 Å². The van der Waals surface area contributed by atoms with Crippen molar-refractivity contribution < 1.29 is 27.1 Å². The summed E-state index contributed by atoms with van der Waals surface area (Å²) < 4.78 is 48.1. The van der Waals surface area contributed by atoms with Crippen molar-refractivity contribution in [2.45, 2.75) is 63.1 Å². The fourth-order valence-electron chi connectivity index (χ4n) is 4.99. The van der Waals surface area contributed by atoms with Crippen LogP contribution in [-0.4, -0.2) is 50.9 Å². The Bertz CT molecular complexity index is 1460. The van der Waals surface area contributed by atoms with E-state index in [-0.39, 0.29) is 34.8 Å². The number of methoxy groups -OCH3 is 1. The molecule has 10 heteroatoms. The molecule has 1 atom stereocenters. The van der Waals surface area contributed by atoms with E-state index in [0.717, 1.165) is 35.6 Å². The van der Waals surface area contributed by atoms with Gasteiger partial charge in [0.1, 0.15) is 24.2 Å². The van der Waals surface area contributed by atoms with Gasteiger partial charge in [0.2, 0.25) is 11.8 Å². The molecule has 1 saturated carbocycles.